The molecule has 1 N–H and O–H groups in total. The second-order valence-electron chi connectivity index (χ2n) is 6.84. The Morgan fingerprint density at radius 2 is 2.16 bits per heavy atom. The molecule has 25 heavy (non-hydrogen) atoms. The van der Waals surface area contributed by atoms with Gasteiger partial charge in [0.2, 0.25) is 5.91 Å². The number of anilines is 1. The van der Waals surface area contributed by atoms with Crippen LogP contribution in [0.5, 0.6) is 0 Å². The van der Waals surface area contributed by atoms with Crippen LogP contribution in [-0.2, 0) is 9.53 Å². The standard InChI is InChI=1S/C19H24ClN3O2/c20-17-12-16(4-3-15(17)13-21)22-19(24)7-10-23-8-5-14(6-9-23)18-2-1-11-25-18/h3-4,12,14,18H,1-2,5-11H2,(H,22,24)/t18-/m1/s1. The van der Waals surface area contributed by atoms with Crippen LogP contribution in [0, 0.1) is 17.2 Å². The maximum atomic E-state index is 12.1. The number of nitrogens with one attached hydrogen (secondary N) is 1. The number of piperidine rings is 1. The molecular weight excluding hydrogens is 338 g/mol. The number of ether oxygens (including phenoxy) is 1. The predicted octanol–water partition coefficient (Wildman–Crippen LogP) is 3.43. The van der Waals surface area contributed by atoms with Gasteiger partial charge in [0.05, 0.1) is 16.7 Å². The Balaban J connectivity index is 1.39. The minimum Gasteiger partial charge on any atom is -0.378 e. The molecule has 2 aliphatic rings. The molecule has 2 fully saturated rings. The molecule has 0 aliphatic carbocycles. The van der Waals surface area contributed by atoms with Gasteiger partial charge in [-0.1, -0.05) is 11.6 Å². The molecule has 0 bridgehead atoms. The zero-order chi connectivity index (χ0) is 17.6. The lowest BCUT2D eigenvalue weighted by atomic mass is 9.90. The number of rotatable bonds is 5. The topological polar surface area (TPSA) is 65.4 Å². The van der Waals surface area contributed by atoms with Gasteiger partial charge in [-0.3, -0.25) is 4.79 Å². The Kier molecular flexibility index (Phi) is 6.30. The van der Waals surface area contributed by atoms with Gasteiger partial charge in [0.15, 0.2) is 0 Å². The highest BCUT2D eigenvalue weighted by atomic mass is 35.5. The van der Waals surface area contributed by atoms with Gasteiger partial charge in [0, 0.05) is 25.3 Å². The molecule has 1 aromatic rings. The molecule has 2 saturated heterocycles. The molecule has 1 atom stereocenters. The fourth-order valence-corrected chi connectivity index (χ4v) is 3.91. The van der Waals surface area contributed by atoms with Crippen molar-refractivity contribution in [3.05, 3.63) is 28.8 Å². The number of nitriles is 1. The fraction of sp³-hybridized carbons (Fsp3) is 0.579. The van der Waals surface area contributed by atoms with E-state index in [0.717, 1.165) is 39.1 Å². The summed E-state index contributed by atoms with van der Waals surface area (Å²) in [7, 11) is 0. The number of likely N-dealkylation sites (tertiary alicyclic amines) is 1. The highest BCUT2D eigenvalue weighted by Gasteiger charge is 2.29. The van der Waals surface area contributed by atoms with E-state index in [2.05, 4.69) is 10.2 Å². The first-order valence-electron chi connectivity index (χ1n) is 8.99. The van der Waals surface area contributed by atoms with Crippen LogP contribution in [0.25, 0.3) is 0 Å². The highest BCUT2D eigenvalue weighted by molar-refractivity contribution is 6.32. The first-order chi connectivity index (χ1) is 12.2. The molecule has 0 spiro atoms. The number of carbonyl (C=O) groups excluding carboxylic acids is 1. The van der Waals surface area contributed by atoms with Crippen molar-refractivity contribution in [2.24, 2.45) is 5.92 Å². The fourth-order valence-electron chi connectivity index (χ4n) is 3.69. The Morgan fingerprint density at radius 1 is 1.36 bits per heavy atom. The van der Waals surface area contributed by atoms with E-state index in [9.17, 15) is 4.79 Å². The number of amides is 1. The molecule has 134 valence electrons. The van der Waals surface area contributed by atoms with Gasteiger partial charge in [-0.25, -0.2) is 0 Å². The number of hydrogen-bond acceptors (Lipinski definition) is 4. The summed E-state index contributed by atoms with van der Waals surface area (Å²) in [5, 5.41) is 12.1. The van der Waals surface area contributed by atoms with E-state index >= 15 is 0 Å². The smallest absolute Gasteiger partial charge is 0.225 e. The van der Waals surface area contributed by atoms with E-state index in [4.69, 9.17) is 21.6 Å². The average molecular weight is 362 g/mol. The molecule has 0 radical (unpaired) electrons. The monoisotopic (exact) mass is 361 g/mol. The molecule has 2 aliphatic heterocycles. The third kappa shape index (κ3) is 4.94. The third-order valence-electron chi connectivity index (χ3n) is 5.15. The van der Waals surface area contributed by atoms with Crippen molar-refractivity contribution in [1.29, 1.82) is 5.26 Å². The maximum Gasteiger partial charge on any atom is 0.225 e. The minimum absolute atomic E-state index is 0.0259. The van der Waals surface area contributed by atoms with Gasteiger partial charge < -0.3 is 15.0 Å². The van der Waals surface area contributed by atoms with E-state index in [1.807, 2.05) is 6.07 Å². The molecule has 0 aromatic heterocycles. The van der Waals surface area contributed by atoms with Crippen molar-refractivity contribution in [2.45, 2.75) is 38.2 Å². The number of nitrogens with zero attached hydrogens (tertiary/aromatic N) is 2. The Hall–Kier alpha value is -1.61. The van der Waals surface area contributed by atoms with Crippen LogP contribution in [0.4, 0.5) is 5.69 Å². The van der Waals surface area contributed by atoms with Crippen molar-refractivity contribution in [2.75, 3.05) is 31.6 Å². The normalized spacial score (nSPS) is 21.8. The summed E-state index contributed by atoms with van der Waals surface area (Å²) in [5.74, 6) is 0.662. The lowest BCUT2D eigenvalue weighted by molar-refractivity contribution is -0.116. The molecule has 5 nitrogen and oxygen atoms in total. The summed E-state index contributed by atoms with van der Waals surface area (Å²) in [6.45, 7) is 3.78. The van der Waals surface area contributed by atoms with Crippen LogP contribution in [0.3, 0.4) is 0 Å². The zero-order valence-corrected chi connectivity index (χ0v) is 15.1. The number of benzene rings is 1. The summed E-state index contributed by atoms with van der Waals surface area (Å²) >= 11 is 5.99. The quantitative estimate of drug-likeness (QED) is 0.872. The minimum atomic E-state index is -0.0259. The van der Waals surface area contributed by atoms with Gasteiger partial charge >= 0.3 is 0 Å². The van der Waals surface area contributed by atoms with E-state index in [1.165, 1.54) is 12.8 Å². The van der Waals surface area contributed by atoms with Crippen LogP contribution >= 0.6 is 11.6 Å². The van der Waals surface area contributed by atoms with Crippen LogP contribution < -0.4 is 5.32 Å². The summed E-state index contributed by atoms with van der Waals surface area (Å²) in [4.78, 5) is 14.5. The molecule has 0 saturated carbocycles. The van der Waals surface area contributed by atoms with Crippen molar-refractivity contribution in [3.63, 3.8) is 0 Å². The lowest BCUT2D eigenvalue weighted by Crippen LogP contribution is -2.39. The van der Waals surface area contributed by atoms with E-state index in [1.54, 1.807) is 18.2 Å². The lowest BCUT2D eigenvalue weighted by Gasteiger charge is -2.34. The molecule has 6 heteroatoms. The van der Waals surface area contributed by atoms with Gasteiger partial charge in [-0.2, -0.15) is 5.26 Å². The summed E-state index contributed by atoms with van der Waals surface area (Å²) in [5.41, 5.74) is 1.04. The average Bonchev–Trinajstić information content (AvgIpc) is 3.15. The molecule has 3 rings (SSSR count). The van der Waals surface area contributed by atoms with Crippen molar-refractivity contribution >= 4 is 23.2 Å². The SMILES string of the molecule is N#Cc1ccc(NC(=O)CCN2CCC([C@H]3CCCO3)CC2)cc1Cl. The molecule has 2 heterocycles. The first kappa shape index (κ1) is 18.2. The van der Waals surface area contributed by atoms with Crippen molar-refractivity contribution in [1.82, 2.24) is 4.90 Å². The Labute approximate surface area is 153 Å². The third-order valence-corrected chi connectivity index (χ3v) is 5.46. The number of hydrogen-bond donors (Lipinski definition) is 1. The molecule has 1 amide bonds. The summed E-state index contributed by atoms with van der Waals surface area (Å²) in [6, 6.07) is 6.95. The van der Waals surface area contributed by atoms with Gasteiger partial charge in [0.1, 0.15) is 6.07 Å². The van der Waals surface area contributed by atoms with E-state index in [0.29, 0.717) is 34.7 Å². The predicted molar refractivity (Wildman–Crippen MR) is 97.6 cm³/mol. The highest BCUT2D eigenvalue weighted by Crippen LogP contribution is 2.28. The first-order valence-corrected chi connectivity index (χ1v) is 9.37. The number of carbonyl (C=O) groups is 1. The van der Waals surface area contributed by atoms with Crippen molar-refractivity contribution in [3.8, 4) is 6.07 Å². The Morgan fingerprint density at radius 3 is 2.80 bits per heavy atom. The second-order valence-corrected chi connectivity index (χ2v) is 7.24. The van der Waals surface area contributed by atoms with E-state index in [-0.39, 0.29) is 5.91 Å². The van der Waals surface area contributed by atoms with Gasteiger partial charge in [-0.15, -0.1) is 0 Å². The molecule has 0 unspecified atom stereocenters. The summed E-state index contributed by atoms with van der Waals surface area (Å²) < 4.78 is 5.80. The van der Waals surface area contributed by atoms with Crippen LogP contribution in [0.15, 0.2) is 18.2 Å². The van der Waals surface area contributed by atoms with Gasteiger partial charge in [-0.05, 0) is 62.9 Å². The van der Waals surface area contributed by atoms with Crippen LogP contribution in [-0.4, -0.2) is 43.2 Å². The molecular formula is C19H24ClN3O2. The molecule has 1 aromatic carbocycles. The summed E-state index contributed by atoms with van der Waals surface area (Å²) in [6.07, 6.45) is 5.66. The van der Waals surface area contributed by atoms with Crippen molar-refractivity contribution < 1.29 is 9.53 Å². The van der Waals surface area contributed by atoms with Crippen LogP contribution in [0.2, 0.25) is 5.02 Å². The van der Waals surface area contributed by atoms with E-state index < -0.39 is 0 Å². The van der Waals surface area contributed by atoms with Crippen LogP contribution in [0.1, 0.15) is 37.7 Å². The largest absolute Gasteiger partial charge is 0.378 e. The van der Waals surface area contributed by atoms with Gasteiger partial charge in [0.25, 0.3) is 0 Å². The maximum absolute atomic E-state index is 12.1. The second kappa shape index (κ2) is 8.66. The Bertz CT molecular complexity index is 645. The zero-order valence-electron chi connectivity index (χ0n) is 14.3. The number of halogens is 1.